The lowest BCUT2D eigenvalue weighted by molar-refractivity contribution is -0.132. The van der Waals surface area contributed by atoms with Crippen LogP contribution in [0.25, 0.3) is 0 Å². The highest BCUT2D eigenvalue weighted by molar-refractivity contribution is 5.82. The maximum absolute atomic E-state index is 12.4. The van der Waals surface area contributed by atoms with Gasteiger partial charge in [0.1, 0.15) is 6.54 Å². The first-order valence-electron chi connectivity index (χ1n) is 8.47. The van der Waals surface area contributed by atoms with E-state index in [9.17, 15) is 9.59 Å². The predicted octanol–water partition coefficient (Wildman–Crippen LogP) is 2.03. The number of methoxy groups -OCH3 is 1. The largest absolute Gasteiger partial charge is 0.453 e. The number of ether oxygens (including phenoxy) is 1. The monoisotopic (exact) mass is 333 g/mol. The summed E-state index contributed by atoms with van der Waals surface area (Å²) >= 11 is 0. The van der Waals surface area contributed by atoms with Crippen LogP contribution in [0.2, 0.25) is 0 Å². The topological polar surface area (TPSA) is 61.9 Å². The van der Waals surface area contributed by atoms with Crippen LogP contribution in [0.4, 0.5) is 4.79 Å². The predicted molar refractivity (Wildman–Crippen MR) is 92.6 cm³/mol. The van der Waals surface area contributed by atoms with Crippen LogP contribution in [0.15, 0.2) is 30.3 Å². The first-order valence-corrected chi connectivity index (χ1v) is 8.47. The van der Waals surface area contributed by atoms with Gasteiger partial charge in [0.2, 0.25) is 5.91 Å². The molecule has 132 valence electrons. The van der Waals surface area contributed by atoms with Crippen molar-refractivity contribution in [1.29, 1.82) is 0 Å². The quantitative estimate of drug-likeness (QED) is 0.865. The molecule has 1 saturated heterocycles. The number of hydrogen-bond donors (Lipinski definition) is 1. The second-order valence-corrected chi connectivity index (χ2v) is 6.05. The molecule has 6 heteroatoms. The molecule has 1 aromatic rings. The summed E-state index contributed by atoms with van der Waals surface area (Å²) < 4.78 is 4.51. The lowest BCUT2D eigenvalue weighted by Gasteiger charge is -2.30. The van der Waals surface area contributed by atoms with Crippen LogP contribution in [0.3, 0.4) is 0 Å². The smallest absolute Gasteiger partial charge is 0.407 e. The Bertz CT molecular complexity index is 550. The van der Waals surface area contributed by atoms with Gasteiger partial charge in [-0.05, 0) is 25.8 Å². The van der Waals surface area contributed by atoms with Gasteiger partial charge < -0.3 is 15.0 Å². The SMILES string of the molecule is CCN(C(=O)CNC(=O)OC)[C@H]1CCN([C@@H](C)c2ccccc2)C1. The minimum Gasteiger partial charge on any atom is -0.453 e. The lowest BCUT2D eigenvalue weighted by Crippen LogP contribution is -2.46. The first kappa shape index (κ1) is 18.3. The molecule has 2 rings (SSSR count). The Balaban J connectivity index is 1.92. The van der Waals surface area contributed by atoms with Gasteiger partial charge in [-0.15, -0.1) is 0 Å². The number of nitrogens with zero attached hydrogens (tertiary/aromatic N) is 2. The molecule has 1 heterocycles. The standard InChI is InChI=1S/C18H27N3O3/c1-4-21(17(22)12-19-18(23)24-3)16-10-11-20(13-16)14(2)15-8-6-5-7-9-15/h5-9,14,16H,4,10-13H2,1-3H3,(H,19,23)/t14-,16-/m0/s1. The second kappa shape index (κ2) is 8.68. The molecule has 0 bridgehead atoms. The third kappa shape index (κ3) is 4.47. The van der Waals surface area contributed by atoms with Crippen LogP contribution >= 0.6 is 0 Å². The van der Waals surface area contributed by atoms with Crippen molar-refractivity contribution in [1.82, 2.24) is 15.1 Å². The molecule has 6 nitrogen and oxygen atoms in total. The van der Waals surface area contributed by atoms with Crippen molar-refractivity contribution in [3.8, 4) is 0 Å². The van der Waals surface area contributed by atoms with Crippen LogP contribution < -0.4 is 5.32 Å². The number of rotatable bonds is 6. The minimum atomic E-state index is -0.579. The van der Waals surface area contributed by atoms with Gasteiger partial charge in [-0.1, -0.05) is 30.3 Å². The number of likely N-dealkylation sites (tertiary alicyclic amines) is 1. The maximum Gasteiger partial charge on any atom is 0.407 e. The molecule has 1 fully saturated rings. The van der Waals surface area contributed by atoms with Crippen LogP contribution in [0.5, 0.6) is 0 Å². The molecule has 0 unspecified atom stereocenters. The van der Waals surface area contributed by atoms with Crippen molar-refractivity contribution in [3.05, 3.63) is 35.9 Å². The minimum absolute atomic E-state index is 0.0226. The van der Waals surface area contributed by atoms with Crippen molar-refractivity contribution in [2.45, 2.75) is 32.4 Å². The zero-order valence-electron chi connectivity index (χ0n) is 14.7. The molecular weight excluding hydrogens is 306 g/mol. The first-order chi connectivity index (χ1) is 11.6. The van der Waals surface area contributed by atoms with Crippen LogP contribution in [-0.4, -0.2) is 61.1 Å². The van der Waals surface area contributed by atoms with E-state index in [0.29, 0.717) is 12.6 Å². The van der Waals surface area contributed by atoms with E-state index in [2.05, 4.69) is 46.1 Å². The average Bonchev–Trinajstić information content (AvgIpc) is 3.10. The molecule has 24 heavy (non-hydrogen) atoms. The summed E-state index contributed by atoms with van der Waals surface area (Å²) in [6, 6.07) is 10.9. The summed E-state index contributed by atoms with van der Waals surface area (Å²) in [5, 5.41) is 2.46. The van der Waals surface area contributed by atoms with Gasteiger partial charge in [0, 0.05) is 31.7 Å². The number of hydrogen-bond acceptors (Lipinski definition) is 4. The van der Waals surface area contributed by atoms with Crippen LogP contribution in [0, 0.1) is 0 Å². The highest BCUT2D eigenvalue weighted by Gasteiger charge is 2.32. The van der Waals surface area contributed by atoms with E-state index < -0.39 is 6.09 Å². The fourth-order valence-electron chi connectivity index (χ4n) is 3.28. The van der Waals surface area contributed by atoms with Gasteiger partial charge in [-0.25, -0.2) is 4.79 Å². The Morgan fingerprint density at radius 2 is 2.08 bits per heavy atom. The Morgan fingerprint density at radius 1 is 1.38 bits per heavy atom. The number of likely N-dealkylation sites (N-methyl/N-ethyl adjacent to an activating group) is 1. The Hall–Kier alpha value is -2.08. The van der Waals surface area contributed by atoms with Crippen LogP contribution in [-0.2, 0) is 9.53 Å². The summed E-state index contributed by atoms with van der Waals surface area (Å²) in [7, 11) is 1.29. The fraction of sp³-hybridized carbons (Fsp3) is 0.556. The molecule has 1 N–H and O–H groups in total. The fourth-order valence-corrected chi connectivity index (χ4v) is 3.28. The summed E-state index contributed by atoms with van der Waals surface area (Å²) in [4.78, 5) is 27.8. The van der Waals surface area contributed by atoms with E-state index in [1.807, 2.05) is 17.9 Å². The van der Waals surface area contributed by atoms with Gasteiger partial charge in [0.25, 0.3) is 0 Å². The van der Waals surface area contributed by atoms with Gasteiger partial charge in [0.15, 0.2) is 0 Å². The second-order valence-electron chi connectivity index (χ2n) is 6.05. The van der Waals surface area contributed by atoms with E-state index in [0.717, 1.165) is 19.5 Å². The highest BCUT2D eigenvalue weighted by Crippen LogP contribution is 2.26. The Labute approximate surface area is 143 Å². The molecule has 0 radical (unpaired) electrons. The number of carbonyl (C=O) groups excluding carboxylic acids is 2. The van der Waals surface area contributed by atoms with Crippen molar-refractivity contribution in [3.63, 3.8) is 0 Å². The number of benzene rings is 1. The number of carbonyl (C=O) groups is 2. The van der Waals surface area contributed by atoms with Crippen LogP contribution in [0.1, 0.15) is 31.9 Å². The normalized spacial score (nSPS) is 18.9. The molecule has 0 aliphatic carbocycles. The van der Waals surface area contributed by atoms with Gasteiger partial charge >= 0.3 is 6.09 Å². The zero-order valence-corrected chi connectivity index (χ0v) is 14.7. The summed E-state index contributed by atoms with van der Waals surface area (Å²) in [5.41, 5.74) is 1.29. The summed E-state index contributed by atoms with van der Waals surface area (Å²) in [6.07, 6.45) is 0.375. The molecule has 0 spiro atoms. The third-order valence-electron chi connectivity index (χ3n) is 4.70. The molecule has 1 aliphatic rings. The lowest BCUT2D eigenvalue weighted by atomic mass is 10.1. The molecule has 2 atom stereocenters. The number of alkyl carbamates (subject to hydrolysis) is 1. The van der Waals surface area contributed by atoms with Crippen molar-refractivity contribution in [2.75, 3.05) is 33.3 Å². The Morgan fingerprint density at radius 3 is 2.71 bits per heavy atom. The van der Waals surface area contributed by atoms with Gasteiger partial charge in [-0.3, -0.25) is 9.69 Å². The maximum atomic E-state index is 12.4. The van der Waals surface area contributed by atoms with Gasteiger partial charge in [0.05, 0.1) is 7.11 Å². The van der Waals surface area contributed by atoms with Crippen molar-refractivity contribution < 1.29 is 14.3 Å². The van der Waals surface area contributed by atoms with E-state index in [-0.39, 0.29) is 18.5 Å². The van der Waals surface area contributed by atoms with Gasteiger partial charge in [-0.2, -0.15) is 0 Å². The van der Waals surface area contributed by atoms with Crippen molar-refractivity contribution >= 4 is 12.0 Å². The zero-order chi connectivity index (χ0) is 17.5. The number of amides is 2. The van der Waals surface area contributed by atoms with E-state index in [4.69, 9.17) is 0 Å². The summed E-state index contributed by atoms with van der Waals surface area (Å²) in [5.74, 6) is -0.0675. The van der Waals surface area contributed by atoms with E-state index in [1.165, 1.54) is 12.7 Å². The molecule has 0 aromatic heterocycles. The molecule has 0 saturated carbocycles. The Kier molecular flexibility index (Phi) is 6.61. The molecule has 1 aromatic carbocycles. The molecular formula is C18H27N3O3. The van der Waals surface area contributed by atoms with E-state index in [1.54, 1.807) is 0 Å². The number of nitrogens with one attached hydrogen (secondary N) is 1. The highest BCUT2D eigenvalue weighted by atomic mass is 16.5. The molecule has 2 amide bonds. The average molecular weight is 333 g/mol. The van der Waals surface area contributed by atoms with Crippen molar-refractivity contribution in [2.24, 2.45) is 0 Å². The third-order valence-corrected chi connectivity index (χ3v) is 4.70. The van der Waals surface area contributed by atoms with E-state index >= 15 is 0 Å². The molecule has 1 aliphatic heterocycles. The summed E-state index contributed by atoms with van der Waals surface area (Å²) in [6.45, 7) is 6.61.